The van der Waals surface area contributed by atoms with Gasteiger partial charge in [0.25, 0.3) is 0 Å². The van der Waals surface area contributed by atoms with E-state index in [-0.39, 0.29) is 18.5 Å². The fourth-order valence-corrected chi connectivity index (χ4v) is 3.13. The van der Waals surface area contributed by atoms with Crippen molar-refractivity contribution in [3.63, 3.8) is 0 Å². The van der Waals surface area contributed by atoms with Crippen LogP contribution in [0, 0.1) is 5.92 Å². The summed E-state index contributed by atoms with van der Waals surface area (Å²) in [4.78, 5) is 11.9. The van der Waals surface area contributed by atoms with Gasteiger partial charge in [-0.3, -0.25) is 0 Å². The highest BCUT2D eigenvalue weighted by Gasteiger charge is 2.49. The quantitative estimate of drug-likeness (QED) is 0.844. The Morgan fingerprint density at radius 1 is 1.29 bits per heavy atom. The van der Waals surface area contributed by atoms with Crippen molar-refractivity contribution in [3.05, 3.63) is 29.3 Å². The number of hydrogen-bond acceptors (Lipinski definition) is 4. The molecule has 2 aliphatic rings. The molecule has 1 atom stereocenters. The molecular weight excluding hydrogens is 266 g/mol. The molecule has 3 rings (SSSR count). The van der Waals surface area contributed by atoms with Crippen molar-refractivity contribution in [2.45, 2.75) is 44.1 Å². The zero-order valence-corrected chi connectivity index (χ0v) is 12.6. The summed E-state index contributed by atoms with van der Waals surface area (Å²) in [6.07, 6.45) is 6.71. The van der Waals surface area contributed by atoms with Gasteiger partial charge in [-0.2, -0.15) is 0 Å². The van der Waals surface area contributed by atoms with E-state index >= 15 is 0 Å². The minimum Gasteiger partial charge on any atom is -0.491 e. The van der Waals surface area contributed by atoms with Crippen molar-refractivity contribution < 1.29 is 14.3 Å². The summed E-state index contributed by atoms with van der Waals surface area (Å²) in [7, 11) is 1.38. The fourth-order valence-electron chi connectivity index (χ4n) is 3.13. The molecule has 4 nitrogen and oxygen atoms in total. The minimum absolute atomic E-state index is 0.183. The number of carbonyl (C=O) groups excluding carboxylic acids is 1. The largest absolute Gasteiger partial charge is 0.491 e. The van der Waals surface area contributed by atoms with Crippen LogP contribution >= 0.6 is 0 Å². The normalized spacial score (nSPS) is 20.3. The predicted octanol–water partition coefficient (Wildman–Crippen LogP) is 2.22. The Morgan fingerprint density at radius 2 is 2.00 bits per heavy atom. The Balaban J connectivity index is 1.70. The number of benzene rings is 1. The van der Waals surface area contributed by atoms with E-state index in [0.717, 1.165) is 31.4 Å². The average molecular weight is 289 g/mol. The highest BCUT2D eigenvalue weighted by molar-refractivity contribution is 5.81. The van der Waals surface area contributed by atoms with E-state index in [1.54, 1.807) is 0 Å². The number of esters is 1. The molecule has 2 aliphatic carbocycles. The zero-order valence-electron chi connectivity index (χ0n) is 12.6. The monoisotopic (exact) mass is 289 g/mol. The average Bonchev–Trinajstić information content (AvgIpc) is 3.36. The van der Waals surface area contributed by atoms with Crippen LogP contribution in [0.4, 0.5) is 0 Å². The van der Waals surface area contributed by atoms with Gasteiger partial charge >= 0.3 is 5.97 Å². The fraction of sp³-hybridized carbons (Fsp3) is 0.588. The summed E-state index contributed by atoms with van der Waals surface area (Å²) in [6.45, 7) is 0.184. The first-order valence-electron chi connectivity index (χ1n) is 7.75. The van der Waals surface area contributed by atoms with Gasteiger partial charge in [0.05, 0.1) is 7.11 Å². The summed E-state index contributed by atoms with van der Waals surface area (Å²) in [6, 6.07) is 6.21. The molecule has 0 aromatic heterocycles. The molecule has 0 amide bonds. The summed E-state index contributed by atoms with van der Waals surface area (Å²) in [5, 5.41) is 0. The van der Waals surface area contributed by atoms with Crippen LogP contribution in [-0.4, -0.2) is 25.2 Å². The van der Waals surface area contributed by atoms with Gasteiger partial charge in [0.15, 0.2) is 5.54 Å². The maximum atomic E-state index is 11.9. The van der Waals surface area contributed by atoms with Crippen LogP contribution < -0.4 is 10.5 Å². The van der Waals surface area contributed by atoms with E-state index in [1.807, 2.05) is 6.07 Å². The molecule has 1 saturated carbocycles. The Labute approximate surface area is 125 Å². The van der Waals surface area contributed by atoms with E-state index in [0.29, 0.717) is 0 Å². The molecule has 0 bridgehead atoms. The molecule has 114 valence electrons. The number of hydrogen-bond donors (Lipinski definition) is 1. The van der Waals surface area contributed by atoms with Crippen LogP contribution in [0.5, 0.6) is 5.75 Å². The lowest BCUT2D eigenvalue weighted by atomic mass is 9.91. The molecule has 1 aromatic carbocycles. The van der Waals surface area contributed by atoms with Crippen molar-refractivity contribution in [2.24, 2.45) is 11.7 Å². The lowest BCUT2D eigenvalue weighted by Crippen LogP contribution is -2.55. The summed E-state index contributed by atoms with van der Waals surface area (Å²) in [5.74, 6) is 0.612. The van der Waals surface area contributed by atoms with Crippen molar-refractivity contribution in [3.8, 4) is 5.75 Å². The number of ether oxygens (including phenoxy) is 2. The molecule has 0 saturated heterocycles. The Hall–Kier alpha value is -1.55. The van der Waals surface area contributed by atoms with Gasteiger partial charge in [0.2, 0.25) is 0 Å². The lowest BCUT2D eigenvalue weighted by Gasteiger charge is -2.26. The molecule has 1 aromatic rings. The number of fused-ring (bicyclic) bond motifs is 1. The van der Waals surface area contributed by atoms with Crippen LogP contribution in [-0.2, 0) is 22.4 Å². The molecule has 21 heavy (non-hydrogen) atoms. The van der Waals surface area contributed by atoms with Gasteiger partial charge in [0.1, 0.15) is 12.4 Å². The van der Waals surface area contributed by atoms with Gasteiger partial charge in [-0.05, 0) is 67.7 Å². The highest BCUT2D eigenvalue weighted by atomic mass is 16.5. The number of methoxy groups -OCH3 is 1. The standard InChI is InChI=1S/C17H23NO3/c1-20-16(19)17(18,14-7-8-14)11-21-15-9-6-12-4-2-3-5-13(12)10-15/h6,9-10,14H,2-5,7-8,11,18H2,1H3. The number of aryl methyl sites for hydroxylation is 2. The molecule has 0 aliphatic heterocycles. The highest BCUT2D eigenvalue weighted by Crippen LogP contribution is 2.39. The first-order chi connectivity index (χ1) is 10.1. The zero-order chi connectivity index (χ0) is 14.9. The van der Waals surface area contributed by atoms with Crippen molar-refractivity contribution in [2.75, 3.05) is 13.7 Å². The molecule has 1 unspecified atom stereocenters. The van der Waals surface area contributed by atoms with Gasteiger partial charge in [-0.1, -0.05) is 6.07 Å². The number of rotatable bonds is 5. The number of nitrogens with two attached hydrogens (primary N) is 1. The molecule has 4 heteroatoms. The molecule has 0 spiro atoms. The van der Waals surface area contributed by atoms with Crippen LogP contribution in [0.25, 0.3) is 0 Å². The van der Waals surface area contributed by atoms with Crippen molar-refractivity contribution >= 4 is 5.97 Å². The topological polar surface area (TPSA) is 61.5 Å². The number of carbonyl (C=O) groups is 1. The maximum absolute atomic E-state index is 11.9. The first-order valence-corrected chi connectivity index (χ1v) is 7.75. The third-order valence-corrected chi connectivity index (χ3v) is 4.67. The lowest BCUT2D eigenvalue weighted by molar-refractivity contribution is -0.149. The SMILES string of the molecule is COC(=O)C(N)(COc1ccc2c(c1)CCCC2)C1CC1. The van der Waals surface area contributed by atoms with Gasteiger partial charge in [-0.25, -0.2) is 4.79 Å². The first kappa shape index (κ1) is 14.4. The Bertz CT molecular complexity index is 539. The van der Waals surface area contributed by atoms with E-state index < -0.39 is 5.54 Å². The summed E-state index contributed by atoms with van der Waals surface area (Å²) in [5.41, 5.74) is 8.02. The van der Waals surface area contributed by atoms with Gasteiger partial charge < -0.3 is 15.2 Å². The van der Waals surface area contributed by atoms with Crippen molar-refractivity contribution in [1.82, 2.24) is 0 Å². The van der Waals surface area contributed by atoms with Crippen LogP contribution in [0.1, 0.15) is 36.8 Å². The van der Waals surface area contributed by atoms with E-state index in [4.69, 9.17) is 15.2 Å². The van der Waals surface area contributed by atoms with Crippen molar-refractivity contribution in [1.29, 1.82) is 0 Å². The van der Waals surface area contributed by atoms with E-state index in [1.165, 1.54) is 31.1 Å². The minimum atomic E-state index is -1.01. The predicted molar refractivity (Wildman–Crippen MR) is 80.2 cm³/mol. The molecular formula is C17H23NO3. The van der Waals surface area contributed by atoms with Crippen LogP contribution in [0.3, 0.4) is 0 Å². The summed E-state index contributed by atoms with van der Waals surface area (Å²) >= 11 is 0. The smallest absolute Gasteiger partial charge is 0.329 e. The molecule has 2 N–H and O–H groups in total. The Morgan fingerprint density at radius 3 is 2.67 bits per heavy atom. The molecule has 0 heterocycles. The second-order valence-corrected chi connectivity index (χ2v) is 6.23. The van der Waals surface area contributed by atoms with E-state index in [9.17, 15) is 4.79 Å². The van der Waals surface area contributed by atoms with E-state index in [2.05, 4.69) is 12.1 Å². The third kappa shape index (κ3) is 2.91. The van der Waals surface area contributed by atoms with Gasteiger partial charge in [-0.15, -0.1) is 0 Å². The van der Waals surface area contributed by atoms with Gasteiger partial charge in [0, 0.05) is 0 Å². The van der Waals surface area contributed by atoms with Crippen LogP contribution in [0.15, 0.2) is 18.2 Å². The molecule has 0 radical (unpaired) electrons. The third-order valence-electron chi connectivity index (χ3n) is 4.67. The summed E-state index contributed by atoms with van der Waals surface area (Å²) < 4.78 is 10.7. The van der Waals surface area contributed by atoms with Crippen LogP contribution in [0.2, 0.25) is 0 Å². The second-order valence-electron chi connectivity index (χ2n) is 6.23. The maximum Gasteiger partial charge on any atom is 0.329 e. The second kappa shape index (κ2) is 5.68. The molecule has 1 fully saturated rings. The Kier molecular flexibility index (Phi) is 3.89.